The van der Waals surface area contributed by atoms with Crippen molar-refractivity contribution in [3.8, 4) is 0 Å². The second kappa shape index (κ2) is 26.2. The van der Waals surface area contributed by atoms with Gasteiger partial charge in [0.15, 0.2) is 12.4 Å². The van der Waals surface area contributed by atoms with Crippen LogP contribution in [-0.2, 0) is 6.54 Å². The number of hydrogen-bond acceptors (Lipinski definition) is 3. The Morgan fingerprint density at radius 3 is 2.03 bits per heavy atom. The average Bonchev–Trinajstić information content (AvgIpc) is 2.89. The molecule has 2 amide bonds. The number of allylic oxidation sites excluding steroid dienone is 1. The minimum Gasteiger partial charge on any atom is -1.00 e. The Balaban J connectivity index is 0.0000130. The molecule has 0 bridgehead atoms. The molecule has 0 saturated carbocycles. The Morgan fingerprint density at radius 2 is 1.41 bits per heavy atom. The molecule has 1 aromatic heterocycles. The molecule has 37 heavy (non-hydrogen) atoms. The van der Waals surface area contributed by atoms with E-state index >= 15 is 0 Å². The molecule has 1 aromatic rings. The minimum atomic E-state index is -0.885. The van der Waals surface area contributed by atoms with E-state index < -0.39 is 12.1 Å². The smallest absolute Gasteiger partial charge is 0.315 e. The number of nitrogens with one attached hydrogen (secondary N) is 2. The number of carbonyl (C=O) groups excluding carboxylic acids is 1. The molecule has 1 heterocycles. The molecule has 2 atom stereocenters. The van der Waals surface area contributed by atoms with Crippen LogP contribution < -0.4 is 32.2 Å². The first-order valence-corrected chi connectivity index (χ1v) is 14.6. The second-order valence-corrected chi connectivity index (χ2v) is 9.96. The van der Waals surface area contributed by atoms with Crippen molar-refractivity contribution in [1.82, 2.24) is 10.6 Å². The summed E-state index contributed by atoms with van der Waals surface area (Å²) in [5, 5.41) is 25.4. The van der Waals surface area contributed by atoms with Gasteiger partial charge in [0.25, 0.3) is 0 Å². The van der Waals surface area contributed by atoms with Gasteiger partial charge in [-0.25, -0.2) is 9.36 Å². The van der Waals surface area contributed by atoms with E-state index in [9.17, 15) is 15.0 Å². The maximum Gasteiger partial charge on any atom is 0.315 e. The largest absolute Gasteiger partial charge is 1.00 e. The summed E-state index contributed by atoms with van der Waals surface area (Å²) in [6, 6.07) is 5.06. The molecule has 0 aliphatic heterocycles. The number of rotatable bonds is 23. The van der Waals surface area contributed by atoms with Gasteiger partial charge in [0.2, 0.25) is 0 Å². The lowest BCUT2D eigenvalue weighted by Gasteiger charge is -2.20. The number of aromatic nitrogens is 1. The molecule has 7 heteroatoms. The summed E-state index contributed by atoms with van der Waals surface area (Å²) in [6.45, 7) is 3.56. The number of aryl methyl sites for hydroxylation is 1. The molecule has 0 aromatic carbocycles. The molecule has 0 aliphatic carbocycles. The molecule has 0 spiro atoms. The first-order chi connectivity index (χ1) is 17.7. The first kappa shape index (κ1) is 35.6. The summed E-state index contributed by atoms with van der Waals surface area (Å²) in [5.41, 5.74) is 0. The van der Waals surface area contributed by atoms with Gasteiger partial charge in [0.05, 0.1) is 18.8 Å². The fourth-order valence-electron chi connectivity index (χ4n) is 4.31. The van der Waals surface area contributed by atoms with Crippen molar-refractivity contribution in [3.63, 3.8) is 0 Å². The zero-order chi connectivity index (χ0) is 26.1. The van der Waals surface area contributed by atoms with E-state index in [4.69, 9.17) is 0 Å². The number of unbranched alkanes of at least 4 members (excludes halogenated alkanes) is 14. The normalized spacial score (nSPS) is 12.7. The maximum absolute atomic E-state index is 12.1. The SMILES string of the molecule is CCCCCCCCCCCCC/C=C/[C@@H](O)[C@H](CO)NC(=O)NCCCCCC[n+]1ccccc1.[Br-]. The highest BCUT2D eigenvalue weighted by atomic mass is 79.9. The Morgan fingerprint density at radius 1 is 0.838 bits per heavy atom. The number of aliphatic hydroxyl groups is 2. The number of nitrogens with zero attached hydrogens (tertiary/aromatic N) is 1. The van der Waals surface area contributed by atoms with Gasteiger partial charge in [-0.05, 0) is 25.7 Å². The molecule has 0 radical (unpaired) electrons. The van der Waals surface area contributed by atoms with Crippen LogP contribution in [-0.4, -0.2) is 41.5 Å². The third-order valence-electron chi connectivity index (χ3n) is 6.64. The van der Waals surface area contributed by atoms with Crippen molar-refractivity contribution < 1.29 is 36.6 Å². The summed E-state index contributed by atoms with van der Waals surface area (Å²) >= 11 is 0. The topological polar surface area (TPSA) is 85.5 Å². The van der Waals surface area contributed by atoms with E-state index in [0.717, 1.165) is 45.1 Å². The van der Waals surface area contributed by atoms with Gasteiger partial charge in [-0.3, -0.25) is 0 Å². The number of aliphatic hydroxyl groups excluding tert-OH is 2. The average molecular weight is 585 g/mol. The number of carbonyl (C=O) groups is 1. The van der Waals surface area contributed by atoms with Crippen LogP contribution in [0.3, 0.4) is 0 Å². The molecule has 0 fully saturated rings. The lowest BCUT2D eigenvalue weighted by atomic mass is 10.0. The van der Waals surface area contributed by atoms with Crippen LogP contribution in [0.2, 0.25) is 0 Å². The molecule has 0 unspecified atom stereocenters. The van der Waals surface area contributed by atoms with Crippen LogP contribution in [0.4, 0.5) is 4.79 Å². The molecule has 214 valence electrons. The van der Waals surface area contributed by atoms with E-state index in [2.05, 4.69) is 34.5 Å². The number of pyridine rings is 1. The van der Waals surface area contributed by atoms with Crippen LogP contribution in [0.15, 0.2) is 42.7 Å². The zero-order valence-corrected chi connectivity index (χ0v) is 24.8. The highest BCUT2D eigenvalue weighted by molar-refractivity contribution is 5.74. The van der Waals surface area contributed by atoms with Crippen LogP contribution in [0.5, 0.6) is 0 Å². The van der Waals surface area contributed by atoms with Gasteiger partial charge in [0, 0.05) is 25.1 Å². The van der Waals surface area contributed by atoms with Crippen molar-refractivity contribution in [1.29, 1.82) is 0 Å². The number of urea groups is 1. The molecule has 0 saturated heterocycles. The summed E-state index contributed by atoms with van der Waals surface area (Å²) in [4.78, 5) is 12.1. The van der Waals surface area contributed by atoms with Gasteiger partial charge < -0.3 is 37.8 Å². The Labute approximate surface area is 237 Å². The molecule has 0 aliphatic rings. The Kier molecular flexibility index (Phi) is 25.2. The predicted octanol–water partition coefficient (Wildman–Crippen LogP) is 2.82. The maximum atomic E-state index is 12.1. The lowest BCUT2D eigenvalue weighted by Crippen LogP contribution is -3.00. The summed E-state index contributed by atoms with van der Waals surface area (Å²) in [6.07, 6.45) is 26.5. The summed E-state index contributed by atoms with van der Waals surface area (Å²) < 4.78 is 2.18. The predicted molar refractivity (Wildman–Crippen MR) is 149 cm³/mol. The van der Waals surface area contributed by atoms with Crippen molar-refractivity contribution >= 4 is 6.03 Å². The van der Waals surface area contributed by atoms with Crippen LogP contribution >= 0.6 is 0 Å². The summed E-state index contributed by atoms with van der Waals surface area (Å²) in [5.74, 6) is 0. The first-order valence-electron chi connectivity index (χ1n) is 14.6. The zero-order valence-electron chi connectivity index (χ0n) is 23.3. The molecule has 6 nitrogen and oxygen atoms in total. The third kappa shape index (κ3) is 21.2. The van der Waals surface area contributed by atoms with Gasteiger partial charge in [0.1, 0.15) is 6.54 Å². The lowest BCUT2D eigenvalue weighted by molar-refractivity contribution is -0.697. The quantitative estimate of drug-likeness (QED) is 0.0907. The molecular weight excluding hydrogens is 530 g/mol. The van der Waals surface area contributed by atoms with Crippen LogP contribution in [0, 0.1) is 0 Å². The third-order valence-corrected chi connectivity index (χ3v) is 6.64. The van der Waals surface area contributed by atoms with Crippen LogP contribution in [0.1, 0.15) is 110 Å². The van der Waals surface area contributed by atoms with Gasteiger partial charge in [-0.2, -0.15) is 0 Å². The number of amides is 2. The summed E-state index contributed by atoms with van der Waals surface area (Å²) in [7, 11) is 0. The van der Waals surface area contributed by atoms with E-state index in [1.165, 1.54) is 64.2 Å². The van der Waals surface area contributed by atoms with E-state index in [0.29, 0.717) is 6.54 Å². The molecular formula is C30H54BrN3O3. The van der Waals surface area contributed by atoms with Crippen molar-refractivity contribution in [3.05, 3.63) is 42.7 Å². The fraction of sp³-hybridized carbons (Fsp3) is 0.733. The van der Waals surface area contributed by atoms with E-state index in [-0.39, 0.29) is 29.6 Å². The van der Waals surface area contributed by atoms with Crippen molar-refractivity contribution in [2.75, 3.05) is 13.2 Å². The van der Waals surface area contributed by atoms with Crippen molar-refractivity contribution in [2.24, 2.45) is 0 Å². The Bertz CT molecular complexity index is 661. The number of hydrogen-bond donors (Lipinski definition) is 4. The van der Waals surface area contributed by atoms with Gasteiger partial charge in [-0.15, -0.1) is 0 Å². The highest BCUT2D eigenvalue weighted by Crippen LogP contribution is 2.12. The Hall–Kier alpha value is -1.44. The van der Waals surface area contributed by atoms with E-state index in [1.54, 1.807) is 6.08 Å². The van der Waals surface area contributed by atoms with Crippen molar-refractivity contribution in [2.45, 2.75) is 128 Å². The number of halogens is 1. The highest BCUT2D eigenvalue weighted by Gasteiger charge is 2.17. The molecule has 4 N–H and O–H groups in total. The second-order valence-electron chi connectivity index (χ2n) is 9.96. The standard InChI is InChI=1S/C30H53N3O3.BrH/c1-2-3-4-5-6-7-8-9-10-11-12-13-17-22-29(35)28(27-34)32-30(36)31-23-18-14-15-19-24-33-25-20-16-21-26-33;/h16-17,20-22,25-26,28-29,34-35H,2-15,18-19,23-24,27H2,1H3,(H-,31,32,36);1H/b22-17+;/t28-,29+;/m0./s1. The fourth-order valence-corrected chi connectivity index (χ4v) is 4.31. The van der Waals surface area contributed by atoms with Gasteiger partial charge in [-0.1, -0.05) is 95.8 Å². The monoisotopic (exact) mass is 583 g/mol. The van der Waals surface area contributed by atoms with E-state index in [1.807, 2.05) is 24.3 Å². The minimum absolute atomic E-state index is 0. The molecule has 1 rings (SSSR count). The van der Waals surface area contributed by atoms with Crippen LogP contribution in [0.25, 0.3) is 0 Å². The van der Waals surface area contributed by atoms with Gasteiger partial charge >= 0.3 is 6.03 Å².